The van der Waals surface area contributed by atoms with Crippen molar-refractivity contribution in [3.8, 4) is 5.75 Å². The van der Waals surface area contributed by atoms with Crippen LogP contribution in [-0.4, -0.2) is 23.5 Å². The standard InChI is InChI=1S/C13H11NO4.Li/c15-9-5-4-8-2-1-3-10(11(8)6-9)13(18)14-7-12(16)17;/h1-6,15H,7H2,(H,14,18)(H,16,17);/q;+1/p-1. The van der Waals surface area contributed by atoms with E-state index in [0.29, 0.717) is 10.9 Å². The Kier molecular flexibility index (Phi) is 4.99. The second-order valence-electron chi connectivity index (χ2n) is 3.77. The molecule has 19 heavy (non-hydrogen) atoms. The van der Waals surface area contributed by atoms with Crippen LogP contribution in [0.2, 0.25) is 0 Å². The molecular formula is C13H10LiNO4. The third kappa shape index (κ3) is 3.50. The molecule has 0 heterocycles. The van der Waals surface area contributed by atoms with Crippen molar-refractivity contribution in [2.45, 2.75) is 0 Å². The van der Waals surface area contributed by atoms with Crippen molar-refractivity contribution >= 4 is 22.6 Å². The van der Waals surface area contributed by atoms with Crippen LogP contribution in [0.4, 0.5) is 0 Å². The van der Waals surface area contributed by atoms with Crippen molar-refractivity contribution in [1.29, 1.82) is 0 Å². The molecule has 0 atom stereocenters. The molecule has 0 aliphatic rings. The van der Waals surface area contributed by atoms with Gasteiger partial charge >= 0.3 is 18.9 Å². The minimum absolute atomic E-state index is 0. The number of carbonyl (C=O) groups excluding carboxylic acids is 2. The number of phenolic OH excluding ortho intramolecular Hbond substituents is 1. The number of aromatic hydroxyl groups is 1. The zero-order valence-corrected chi connectivity index (χ0v) is 10.3. The molecule has 92 valence electrons. The van der Waals surface area contributed by atoms with E-state index in [1.807, 2.05) is 0 Å². The summed E-state index contributed by atoms with van der Waals surface area (Å²) in [7, 11) is 0. The Balaban J connectivity index is 0.00000180. The molecule has 0 aliphatic heterocycles. The van der Waals surface area contributed by atoms with E-state index in [2.05, 4.69) is 5.32 Å². The van der Waals surface area contributed by atoms with Crippen LogP contribution in [0.25, 0.3) is 10.8 Å². The Labute approximate surface area is 121 Å². The number of hydrogen-bond donors (Lipinski definition) is 2. The Morgan fingerprint density at radius 1 is 1.21 bits per heavy atom. The van der Waals surface area contributed by atoms with E-state index in [9.17, 15) is 19.8 Å². The number of benzene rings is 2. The van der Waals surface area contributed by atoms with E-state index in [4.69, 9.17) is 0 Å². The van der Waals surface area contributed by atoms with E-state index >= 15 is 0 Å². The van der Waals surface area contributed by atoms with Gasteiger partial charge in [-0.05, 0) is 29.0 Å². The number of phenols is 1. The van der Waals surface area contributed by atoms with E-state index < -0.39 is 18.4 Å². The molecule has 2 aromatic rings. The first-order valence-corrected chi connectivity index (χ1v) is 5.28. The first kappa shape index (κ1) is 15.1. The molecule has 0 spiro atoms. The Morgan fingerprint density at radius 2 is 1.95 bits per heavy atom. The zero-order valence-electron chi connectivity index (χ0n) is 10.3. The fourth-order valence-electron chi connectivity index (χ4n) is 1.71. The van der Waals surface area contributed by atoms with Gasteiger partial charge in [-0.1, -0.05) is 18.2 Å². The van der Waals surface area contributed by atoms with E-state index in [0.717, 1.165) is 5.39 Å². The summed E-state index contributed by atoms with van der Waals surface area (Å²) < 4.78 is 0. The molecule has 2 aromatic carbocycles. The van der Waals surface area contributed by atoms with Crippen molar-refractivity contribution in [2.24, 2.45) is 0 Å². The maximum Gasteiger partial charge on any atom is 1.00 e. The molecule has 0 saturated carbocycles. The second kappa shape index (κ2) is 6.28. The number of fused-ring (bicyclic) bond motifs is 1. The van der Waals surface area contributed by atoms with Crippen LogP contribution in [0.1, 0.15) is 10.4 Å². The monoisotopic (exact) mass is 251 g/mol. The largest absolute Gasteiger partial charge is 1.00 e. The number of aliphatic carboxylic acids is 1. The first-order valence-electron chi connectivity index (χ1n) is 5.28. The van der Waals surface area contributed by atoms with Crippen LogP contribution in [-0.2, 0) is 4.79 Å². The fourth-order valence-corrected chi connectivity index (χ4v) is 1.71. The van der Waals surface area contributed by atoms with Crippen molar-refractivity contribution in [3.63, 3.8) is 0 Å². The third-order valence-corrected chi connectivity index (χ3v) is 2.50. The van der Waals surface area contributed by atoms with Gasteiger partial charge in [0.2, 0.25) is 0 Å². The number of amides is 1. The van der Waals surface area contributed by atoms with Crippen molar-refractivity contribution in [3.05, 3.63) is 42.0 Å². The molecule has 2 rings (SSSR count). The number of hydrogen-bond acceptors (Lipinski definition) is 4. The van der Waals surface area contributed by atoms with Gasteiger partial charge in [0.25, 0.3) is 5.91 Å². The molecular weight excluding hydrogens is 241 g/mol. The normalized spacial score (nSPS) is 9.68. The summed E-state index contributed by atoms with van der Waals surface area (Å²) in [5, 5.41) is 23.3. The van der Waals surface area contributed by atoms with Gasteiger partial charge in [0.05, 0.1) is 12.5 Å². The van der Waals surface area contributed by atoms with Crippen LogP contribution >= 0.6 is 0 Å². The molecule has 0 aliphatic carbocycles. The van der Waals surface area contributed by atoms with Crippen LogP contribution in [0.3, 0.4) is 0 Å². The molecule has 2 N–H and O–H groups in total. The average molecular weight is 251 g/mol. The predicted molar refractivity (Wildman–Crippen MR) is 63.0 cm³/mol. The van der Waals surface area contributed by atoms with E-state index in [-0.39, 0.29) is 24.6 Å². The quantitative estimate of drug-likeness (QED) is 0.570. The van der Waals surface area contributed by atoms with Crippen LogP contribution < -0.4 is 29.3 Å². The summed E-state index contributed by atoms with van der Waals surface area (Å²) in [4.78, 5) is 22.1. The molecule has 0 saturated heterocycles. The summed E-state index contributed by atoms with van der Waals surface area (Å²) in [6, 6.07) is 9.71. The molecule has 0 fully saturated rings. The molecule has 0 aromatic heterocycles. The molecule has 6 heteroatoms. The summed E-state index contributed by atoms with van der Waals surface area (Å²) >= 11 is 0. The van der Waals surface area contributed by atoms with Crippen molar-refractivity contribution < 1.29 is 38.7 Å². The molecule has 1 amide bonds. The van der Waals surface area contributed by atoms with Crippen LogP contribution in [0.15, 0.2) is 36.4 Å². The Morgan fingerprint density at radius 3 is 2.63 bits per heavy atom. The van der Waals surface area contributed by atoms with Gasteiger partial charge in [-0.25, -0.2) is 0 Å². The SMILES string of the molecule is O=C([O-])CNC(=O)c1cccc2ccc(O)cc12.[Li+]. The Hall–Kier alpha value is -1.96. The van der Waals surface area contributed by atoms with Crippen LogP contribution in [0.5, 0.6) is 5.75 Å². The number of carboxylic acid groups (broad SMARTS) is 1. The van der Waals surface area contributed by atoms with Gasteiger partial charge in [0, 0.05) is 5.56 Å². The van der Waals surface area contributed by atoms with Gasteiger partial charge < -0.3 is 20.3 Å². The smallest absolute Gasteiger partial charge is 0.548 e. The van der Waals surface area contributed by atoms with Gasteiger partial charge in [-0.2, -0.15) is 0 Å². The van der Waals surface area contributed by atoms with E-state index in [1.54, 1.807) is 24.3 Å². The predicted octanol–water partition coefficient (Wildman–Crippen LogP) is -2.97. The summed E-state index contributed by atoms with van der Waals surface area (Å²) in [5.74, 6) is -1.83. The topological polar surface area (TPSA) is 89.5 Å². The number of carbonyl (C=O) groups is 2. The fraction of sp³-hybridized carbons (Fsp3) is 0.0769. The van der Waals surface area contributed by atoms with Gasteiger partial charge in [-0.15, -0.1) is 0 Å². The minimum Gasteiger partial charge on any atom is -0.548 e. The zero-order chi connectivity index (χ0) is 13.1. The van der Waals surface area contributed by atoms with E-state index in [1.165, 1.54) is 12.1 Å². The minimum atomic E-state index is -1.36. The van der Waals surface area contributed by atoms with Crippen molar-refractivity contribution in [1.82, 2.24) is 5.32 Å². The maximum atomic E-state index is 11.8. The summed E-state index contributed by atoms with van der Waals surface area (Å²) in [6.45, 7) is -0.548. The summed E-state index contributed by atoms with van der Waals surface area (Å²) in [6.07, 6.45) is 0. The molecule has 0 bridgehead atoms. The Bertz CT molecular complexity index is 627. The second-order valence-corrected chi connectivity index (χ2v) is 3.77. The third-order valence-electron chi connectivity index (χ3n) is 2.50. The van der Waals surface area contributed by atoms with Gasteiger partial charge in [-0.3, -0.25) is 4.79 Å². The average Bonchev–Trinajstić information content (AvgIpc) is 2.35. The van der Waals surface area contributed by atoms with Crippen molar-refractivity contribution in [2.75, 3.05) is 6.54 Å². The first-order chi connectivity index (χ1) is 8.58. The number of carboxylic acids is 1. The molecule has 5 nitrogen and oxygen atoms in total. The number of rotatable bonds is 3. The maximum absolute atomic E-state index is 11.8. The van der Waals surface area contributed by atoms with Crippen LogP contribution in [0, 0.1) is 0 Å². The van der Waals surface area contributed by atoms with Gasteiger partial charge in [0.1, 0.15) is 5.75 Å². The molecule has 0 unspecified atom stereocenters. The molecule has 0 radical (unpaired) electrons. The summed E-state index contributed by atoms with van der Waals surface area (Å²) in [5.41, 5.74) is 0.310. The number of nitrogens with one attached hydrogen (secondary N) is 1. The van der Waals surface area contributed by atoms with Gasteiger partial charge in [0.15, 0.2) is 0 Å².